The van der Waals surface area contributed by atoms with Crippen molar-refractivity contribution in [3.63, 3.8) is 0 Å². The van der Waals surface area contributed by atoms with Gasteiger partial charge in [0, 0.05) is 24.7 Å². The summed E-state index contributed by atoms with van der Waals surface area (Å²) in [5.41, 5.74) is 8.04. The van der Waals surface area contributed by atoms with Crippen molar-refractivity contribution in [2.75, 3.05) is 13.1 Å². The van der Waals surface area contributed by atoms with Gasteiger partial charge in [-0.15, -0.1) is 0 Å². The van der Waals surface area contributed by atoms with Crippen LogP contribution < -0.4 is 5.73 Å². The molecule has 4 nitrogen and oxygen atoms in total. The molecular weight excluding hydrogens is 226 g/mol. The molecule has 3 rings (SSSR count). The molecule has 18 heavy (non-hydrogen) atoms. The highest BCUT2D eigenvalue weighted by molar-refractivity contribution is 5.78. The molecule has 0 saturated carbocycles. The molecule has 1 spiro atoms. The average molecular weight is 243 g/mol. The van der Waals surface area contributed by atoms with E-state index in [-0.39, 0.29) is 11.4 Å². The van der Waals surface area contributed by atoms with Gasteiger partial charge in [-0.05, 0) is 24.0 Å². The van der Waals surface area contributed by atoms with Gasteiger partial charge in [0.25, 0.3) is 0 Å². The fourth-order valence-corrected chi connectivity index (χ4v) is 3.06. The second kappa shape index (κ2) is 4.12. The fourth-order valence-electron chi connectivity index (χ4n) is 3.06. The Morgan fingerprint density at radius 1 is 1.28 bits per heavy atom. The van der Waals surface area contributed by atoms with Gasteiger partial charge in [-0.2, -0.15) is 0 Å². The standard InChI is InChI=1S/C14H17N3O/c15-13(18)17-7-5-14(6-8-17)10-16-9-11-3-1-2-4-12(11)14/h1-4,10H,5-9H2,(H2,15,18). The molecule has 2 heterocycles. The van der Waals surface area contributed by atoms with Crippen LogP contribution in [0.15, 0.2) is 29.3 Å². The molecule has 2 aliphatic rings. The van der Waals surface area contributed by atoms with Gasteiger partial charge in [-0.1, -0.05) is 24.3 Å². The molecule has 94 valence electrons. The van der Waals surface area contributed by atoms with E-state index in [2.05, 4.69) is 35.5 Å². The predicted molar refractivity (Wildman–Crippen MR) is 70.7 cm³/mol. The molecule has 2 amide bonds. The van der Waals surface area contributed by atoms with Gasteiger partial charge in [-0.25, -0.2) is 4.79 Å². The highest BCUT2D eigenvalue weighted by Crippen LogP contribution is 2.38. The van der Waals surface area contributed by atoms with Crippen molar-refractivity contribution < 1.29 is 4.79 Å². The highest BCUT2D eigenvalue weighted by Gasteiger charge is 2.38. The summed E-state index contributed by atoms with van der Waals surface area (Å²) in [6, 6.07) is 8.17. The number of hydrogen-bond acceptors (Lipinski definition) is 2. The number of hydrogen-bond donors (Lipinski definition) is 1. The summed E-state index contributed by atoms with van der Waals surface area (Å²) >= 11 is 0. The zero-order chi connectivity index (χ0) is 12.6. The second-order valence-corrected chi connectivity index (χ2v) is 5.11. The Labute approximate surface area is 106 Å². The van der Waals surface area contributed by atoms with E-state index < -0.39 is 0 Å². The summed E-state index contributed by atoms with van der Waals surface area (Å²) in [7, 11) is 0. The molecule has 0 aliphatic carbocycles. The van der Waals surface area contributed by atoms with Crippen LogP contribution in [-0.2, 0) is 12.0 Å². The Kier molecular flexibility index (Phi) is 2.58. The SMILES string of the molecule is NC(=O)N1CCC2(C=NCc3ccccc32)CC1. The number of carbonyl (C=O) groups is 1. The van der Waals surface area contributed by atoms with Gasteiger partial charge < -0.3 is 10.6 Å². The quantitative estimate of drug-likeness (QED) is 0.740. The van der Waals surface area contributed by atoms with Crippen LogP contribution in [0.3, 0.4) is 0 Å². The maximum absolute atomic E-state index is 11.2. The minimum absolute atomic E-state index is 0.0147. The number of primary amides is 1. The number of benzene rings is 1. The van der Waals surface area contributed by atoms with Crippen LogP contribution in [0.2, 0.25) is 0 Å². The first-order valence-corrected chi connectivity index (χ1v) is 6.35. The van der Waals surface area contributed by atoms with Crippen LogP contribution in [0.25, 0.3) is 0 Å². The third-order valence-electron chi connectivity index (χ3n) is 4.12. The van der Waals surface area contributed by atoms with Gasteiger partial charge in [-0.3, -0.25) is 4.99 Å². The molecule has 0 aromatic heterocycles. The van der Waals surface area contributed by atoms with E-state index in [1.54, 1.807) is 4.90 Å². The first-order valence-electron chi connectivity index (χ1n) is 6.35. The third-order valence-corrected chi connectivity index (χ3v) is 4.12. The number of urea groups is 1. The van der Waals surface area contributed by atoms with Gasteiger partial charge in [0.2, 0.25) is 0 Å². The summed E-state index contributed by atoms with van der Waals surface area (Å²) < 4.78 is 0. The lowest BCUT2D eigenvalue weighted by molar-refractivity contribution is 0.182. The maximum atomic E-state index is 11.2. The van der Waals surface area contributed by atoms with E-state index >= 15 is 0 Å². The monoisotopic (exact) mass is 243 g/mol. The normalized spacial score (nSPS) is 20.8. The topological polar surface area (TPSA) is 58.7 Å². The summed E-state index contributed by atoms with van der Waals surface area (Å²) in [6.07, 6.45) is 3.92. The Morgan fingerprint density at radius 3 is 2.72 bits per heavy atom. The lowest BCUT2D eigenvalue weighted by atomic mass is 9.71. The van der Waals surface area contributed by atoms with E-state index in [0.29, 0.717) is 0 Å². The minimum Gasteiger partial charge on any atom is -0.351 e. The molecule has 1 saturated heterocycles. The number of piperidine rings is 1. The number of nitrogens with zero attached hydrogens (tertiary/aromatic N) is 2. The fraction of sp³-hybridized carbons (Fsp3) is 0.429. The van der Waals surface area contributed by atoms with Gasteiger partial charge in [0.1, 0.15) is 0 Å². The Balaban J connectivity index is 1.90. The van der Waals surface area contributed by atoms with Crippen molar-refractivity contribution in [2.45, 2.75) is 24.8 Å². The van der Waals surface area contributed by atoms with Gasteiger partial charge >= 0.3 is 6.03 Å². The van der Waals surface area contributed by atoms with E-state index in [0.717, 1.165) is 32.5 Å². The molecule has 0 unspecified atom stereocenters. The third kappa shape index (κ3) is 1.68. The number of likely N-dealkylation sites (tertiary alicyclic amines) is 1. The lowest BCUT2D eigenvalue weighted by Gasteiger charge is -2.41. The summed E-state index contributed by atoms with van der Waals surface area (Å²) in [5, 5.41) is 0. The average Bonchev–Trinajstić information content (AvgIpc) is 2.40. The second-order valence-electron chi connectivity index (χ2n) is 5.11. The number of nitrogens with two attached hydrogens (primary N) is 1. The van der Waals surface area contributed by atoms with Crippen LogP contribution in [0.4, 0.5) is 4.79 Å². The van der Waals surface area contributed by atoms with Gasteiger partial charge in [0.15, 0.2) is 0 Å². The molecule has 1 aromatic carbocycles. The van der Waals surface area contributed by atoms with Crippen molar-refractivity contribution in [2.24, 2.45) is 10.7 Å². The largest absolute Gasteiger partial charge is 0.351 e. The van der Waals surface area contributed by atoms with E-state index in [4.69, 9.17) is 5.73 Å². The summed E-state index contributed by atoms with van der Waals surface area (Å²) in [5.74, 6) is 0. The molecule has 2 aliphatic heterocycles. The van der Waals surface area contributed by atoms with Crippen molar-refractivity contribution in [1.82, 2.24) is 4.90 Å². The zero-order valence-electron chi connectivity index (χ0n) is 10.3. The number of aliphatic imine (C=N–C) groups is 1. The van der Waals surface area contributed by atoms with Gasteiger partial charge in [0.05, 0.1) is 6.54 Å². The van der Waals surface area contributed by atoms with Crippen molar-refractivity contribution in [3.8, 4) is 0 Å². The molecule has 1 aromatic rings. The number of fused-ring (bicyclic) bond motifs is 2. The maximum Gasteiger partial charge on any atom is 0.314 e. The molecule has 4 heteroatoms. The molecule has 1 fully saturated rings. The molecule has 0 atom stereocenters. The van der Waals surface area contributed by atoms with E-state index in [1.165, 1.54) is 11.1 Å². The number of rotatable bonds is 0. The Hall–Kier alpha value is -1.84. The van der Waals surface area contributed by atoms with Crippen LogP contribution in [-0.4, -0.2) is 30.2 Å². The zero-order valence-corrected chi connectivity index (χ0v) is 10.3. The first kappa shape index (κ1) is 11.3. The predicted octanol–water partition coefficient (Wildman–Crippen LogP) is 1.68. The van der Waals surface area contributed by atoms with E-state index in [1.807, 2.05) is 0 Å². The first-order chi connectivity index (χ1) is 8.71. The Bertz CT molecular complexity index is 502. The number of amides is 2. The molecule has 0 radical (unpaired) electrons. The molecule has 0 bridgehead atoms. The summed E-state index contributed by atoms with van der Waals surface area (Å²) in [6.45, 7) is 2.21. The van der Waals surface area contributed by atoms with Crippen molar-refractivity contribution >= 4 is 12.2 Å². The smallest absolute Gasteiger partial charge is 0.314 e. The Morgan fingerprint density at radius 2 is 2.00 bits per heavy atom. The van der Waals surface area contributed by atoms with Crippen molar-refractivity contribution in [3.05, 3.63) is 35.4 Å². The van der Waals surface area contributed by atoms with Crippen LogP contribution in [0.5, 0.6) is 0 Å². The van der Waals surface area contributed by atoms with E-state index in [9.17, 15) is 4.79 Å². The number of carbonyl (C=O) groups excluding carboxylic acids is 1. The van der Waals surface area contributed by atoms with Crippen molar-refractivity contribution in [1.29, 1.82) is 0 Å². The molecule has 2 N–H and O–H groups in total. The van der Waals surface area contributed by atoms with Crippen LogP contribution in [0.1, 0.15) is 24.0 Å². The lowest BCUT2D eigenvalue weighted by Crippen LogP contribution is -2.48. The highest BCUT2D eigenvalue weighted by atomic mass is 16.2. The van der Waals surface area contributed by atoms with Crippen LogP contribution >= 0.6 is 0 Å². The minimum atomic E-state index is -0.314. The van der Waals surface area contributed by atoms with Crippen LogP contribution in [0, 0.1) is 0 Å². The molecular formula is C14H17N3O. The summed E-state index contributed by atoms with van der Waals surface area (Å²) in [4.78, 5) is 17.4.